The fourth-order valence-electron chi connectivity index (χ4n) is 3.09. The Hall–Kier alpha value is -3.88. The summed E-state index contributed by atoms with van der Waals surface area (Å²) in [6.07, 6.45) is 0.527. The minimum atomic E-state index is -0.475. The number of ether oxygens (including phenoxy) is 2. The molecule has 31 heavy (non-hydrogen) atoms. The molecular formula is C22H24N4O5. The van der Waals surface area contributed by atoms with Crippen LogP contribution in [0.1, 0.15) is 27.4 Å². The highest BCUT2D eigenvalue weighted by Gasteiger charge is 2.15. The number of rotatable bonds is 8. The number of para-hydroxylation sites is 1. The molecule has 2 amide bonds. The molecule has 0 aliphatic rings. The van der Waals surface area contributed by atoms with Crippen LogP contribution in [-0.2, 0) is 0 Å². The van der Waals surface area contributed by atoms with Crippen molar-refractivity contribution >= 4 is 22.7 Å². The summed E-state index contributed by atoms with van der Waals surface area (Å²) in [5, 5.41) is 3.14. The number of H-pyrrole nitrogens is 1. The van der Waals surface area contributed by atoms with Crippen molar-refractivity contribution in [1.82, 2.24) is 20.2 Å². The molecule has 1 aromatic heterocycles. The molecule has 2 aromatic carbocycles. The first-order chi connectivity index (χ1) is 14.9. The smallest absolute Gasteiger partial charge is 0.287 e. The monoisotopic (exact) mass is 424 g/mol. The molecule has 0 unspecified atom stereocenters. The molecule has 0 spiro atoms. The van der Waals surface area contributed by atoms with Gasteiger partial charge in [0.25, 0.3) is 17.4 Å². The third-order valence-corrected chi connectivity index (χ3v) is 4.76. The summed E-state index contributed by atoms with van der Waals surface area (Å²) in [6.45, 7) is 0.744. The van der Waals surface area contributed by atoms with E-state index in [1.165, 1.54) is 14.2 Å². The highest BCUT2D eigenvalue weighted by Crippen LogP contribution is 2.27. The lowest BCUT2D eigenvalue weighted by Gasteiger charge is -2.18. The number of aromatic nitrogens is 2. The van der Waals surface area contributed by atoms with Crippen molar-refractivity contribution in [3.8, 4) is 11.5 Å². The molecule has 0 saturated heterocycles. The fraction of sp³-hybridized carbons (Fsp3) is 0.273. The normalized spacial score (nSPS) is 10.5. The molecule has 9 nitrogen and oxygen atoms in total. The van der Waals surface area contributed by atoms with E-state index in [-0.39, 0.29) is 17.3 Å². The van der Waals surface area contributed by atoms with Gasteiger partial charge in [-0.3, -0.25) is 14.4 Å². The van der Waals surface area contributed by atoms with Crippen molar-refractivity contribution in [2.24, 2.45) is 0 Å². The largest absolute Gasteiger partial charge is 0.493 e. The number of fused-ring (bicyclic) bond motifs is 1. The summed E-state index contributed by atoms with van der Waals surface area (Å²) in [7, 11) is 4.72. The number of hydrogen-bond acceptors (Lipinski definition) is 6. The van der Waals surface area contributed by atoms with E-state index in [1.54, 1.807) is 54.4 Å². The number of carbonyl (C=O) groups is 2. The zero-order valence-corrected chi connectivity index (χ0v) is 17.6. The van der Waals surface area contributed by atoms with Gasteiger partial charge in [-0.1, -0.05) is 12.1 Å². The van der Waals surface area contributed by atoms with Crippen LogP contribution in [0.25, 0.3) is 10.9 Å². The van der Waals surface area contributed by atoms with E-state index in [0.717, 1.165) is 0 Å². The summed E-state index contributed by atoms with van der Waals surface area (Å²) in [4.78, 5) is 45.3. The van der Waals surface area contributed by atoms with Gasteiger partial charge in [0.2, 0.25) is 0 Å². The summed E-state index contributed by atoms with van der Waals surface area (Å²) in [6, 6.07) is 11.8. The molecule has 0 fully saturated rings. The molecule has 1 heterocycles. The number of carbonyl (C=O) groups excluding carboxylic acids is 2. The second-order valence-electron chi connectivity index (χ2n) is 6.84. The second-order valence-corrected chi connectivity index (χ2v) is 6.84. The molecule has 0 aliphatic carbocycles. The van der Waals surface area contributed by atoms with E-state index < -0.39 is 5.91 Å². The Bertz CT molecular complexity index is 1160. The minimum Gasteiger partial charge on any atom is -0.493 e. The topological polar surface area (TPSA) is 114 Å². The van der Waals surface area contributed by atoms with Crippen molar-refractivity contribution in [1.29, 1.82) is 0 Å². The Morgan fingerprint density at radius 2 is 1.84 bits per heavy atom. The lowest BCUT2D eigenvalue weighted by atomic mass is 10.1. The number of hydrogen-bond donors (Lipinski definition) is 2. The summed E-state index contributed by atoms with van der Waals surface area (Å²) in [5.74, 6) is 0.332. The standard InChI is InChI=1S/C22H24N4O5/c1-26(22(29)14-9-10-17(30-2)18(13-14)31-3)12-6-11-23-21(28)19-24-16-8-5-4-7-15(16)20(27)25-19/h4-5,7-10,13H,6,11-12H2,1-3H3,(H,23,28)(H,24,25,27). The SMILES string of the molecule is COc1ccc(C(=O)N(C)CCCNC(=O)c2nc3ccccc3c(=O)[nH]2)cc1OC. The lowest BCUT2D eigenvalue weighted by Crippen LogP contribution is -2.32. The van der Waals surface area contributed by atoms with Crippen molar-refractivity contribution in [3.05, 3.63) is 64.2 Å². The Labute approximate surface area is 179 Å². The Balaban J connectivity index is 1.54. The van der Waals surface area contributed by atoms with Crippen LogP contribution < -0.4 is 20.3 Å². The zero-order valence-electron chi connectivity index (χ0n) is 17.6. The van der Waals surface area contributed by atoms with Gasteiger partial charge in [0, 0.05) is 25.7 Å². The van der Waals surface area contributed by atoms with Gasteiger partial charge in [-0.2, -0.15) is 0 Å². The van der Waals surface area contributed by atoms with Crippen LogP contribution in [0.15, 0.2) is 47.3 Å². The molecule has 0 saturated carbocycles. The number of amides is 2. The molecule has 3 rings (SSSR count). The number of methoxy groups -OCH3 is 2. The molecule has 9 heteroatoms. The van der Waals surface area contributed by atoms with Crippen LogP contribution in [0.2, 0.25) is 0 Å². The van der Waals surface area contributed by atoms with Crippen LogP contribution in [0.5, 0.6) is 11.5 Å². The third-order valence-electron chi connectivity index (χ3n) is 4.76. The molecular weight excluding hydrogens is 400 g/mol. The number of aromatic amines is 1. The highest BCUT2D eigenvalue weighted by molar-refractivity contribution is 5.95. The molecule has 2 N–H and O–H groups in total. The Morgan fingerprint density at radius 1 is 1.10 bits per heavy atom. The summed E-state index contributed by atoms with van der Waals surface area (Å²) < 4.78 is 10.4. The molecule has 0 radical (unpaired) electrons. The lowest BCUT2D eigenvalue weighted by molar-refractivity contribution is 0.0793. The van der Waals surface area contributed by atoms with Crippen LogP contribution >= 0.6 is 0 Å². The molecule has 162 valence electrons. The molecule has 3 aromatic rings. The Morgan fingerprint density at radius 3 is 2.58 bits per heavy atom. The van der Waals surface area contributed by atoms with Crippen molar-refractivity contribution in [3.63, 3.8) is 0 Å². The van der Waals surface area contributed by atoms with Crippen molar-refractivity contribution < 1.29 is 19.1 Å². The van der Waals surface area contributed by atoms with E-state index in [4.69, 9.17) is 9.47 Å². The van der Waals surface area contributed by atoms with E-state index in [0.29, 0.717) is 47.5 Å². The van der Waals surface area contributed by atoms with Gasteiger partial charge >= 0.3 is 0 Å². The van der Waals surface area contributed by atoms with Gasteiger partial charge in [-0.15, -0.1) is 0 Å². The Kier molecular flexibility index (Phi) is 6.86. The minimum absolute atomic E-state index is 0.0431. The zero-order chi connectivity index (χ0) is 22.4. The molecule has 0 bridgehead atoms. The predicted octanol–water partition coefficient (Wildman–Crippen LogP) is 1.83. The van der Waals surface area contributed by atoms with Crippen LogP contribution in [0, 0.1) is 0 Å². The third kappa shape index (κ3) is 5.00. The van der Waals surface area contributed by atoms with Crippen molar-refractivity contribution in [2.45, 2.75) is 6.42 Å². The maximum Gasteiger partial charge on any atom is 0.287 e. The van der Waals surface area contributed by atoms with Crippen molar-refractivity contribution in [2.75, 3.05) is 34.4 Å². The van der Waals surface area contributed by atoms with E-state index in [2.05, 4.69) is 15.3 Å². The summed E-state index contributed by atoms with van der Waals surface area (Å²) in [5.41, 5.74) is 0.565. The first-order valence-electron chi connectivity index (χ1n) is 9.69. The van der Waals surface area contributed by atoms with Crippen LogP contribution in [0.3, 0.4) is 0 Å². The number of benzene rings is 2. The average Bonchev–Trinajstić information content (AvgIpc) is 2.80. The maximum atomic E-state index is 12.6. The van der Waals surface area contributed by atoms with E-state index in [1.807, 2.05) is 0 Å². The highest BCUT2D eigenvalue weighted by atomic mass is 16.5. The quantitative estimate of drug-likeness (QED) is 0.534. The molecule has 0 atom stereocenters. The van der Waals surface area contributed by atoms with Gasteiger partial charge in [-0.05, 0) is 36.8 Å². The van der Waals surface area contributed by atoms with Gasteiger partial charge in [0.15, 0.2) is 17.3 Å². The van der Waals surface area contributed by atoms with E-state index >= 15 is 0 Å². The van der Waals surface area contributed by atoms with Gasteiger partial charge in [-0.25, -0.2) is 4.98 Å². The van der Waals surface area contributed by atoms with Crippen LogP contribution in [-0.4, -0.2) is 61.0 Å². The van der Waals surface area contributed by atoms with Crippen LogP contribution in [0.4, 0.5) is 0 Å². The number of nitrogens with zero attached hydrogens (tertiary/aromatic N) is 2. The summed E-state index contributed by atoms with van der Waals surface area (Å²) >= 11 is 0. The maximum absolute atomic E-state index is 12.6. The molecule has 0 aliphatic heterocycles. The first kappa shape index (κ1) is 21.8. The van der Waals surface area contributed by atoms with Gasteiger partial charge in [0.05, 0.1) is 25.1 Å². The second kappa shape index (κ2) is 9.75. The predicted molar refractivity (Wildman–Crippen MR) is 116 cm³/mol. The van der Waals surface area contributed by atoms with E-state index in [9.17, 15) is 14.4 Å². The average molecular weight is 424 g/mol. The van der Waals surface area contributed by atoms with Gasteiger partial charge < -0.3 is 24.7 Å². The van der Waals surface area contributed by atoms with Gasteiger partial charge in [0.1, 0.15) is 0 Å². The number of nitrogens with one attached hydrogen (secondary N) is 2. The first-order valence-corrected chi connectivity index (χ1v) is 9.69. The fourth-order valence-corrected chi connectivity index (χ4v) is 3.09.